The molecule has 3 aliphatic rings. The second kappa shape index (κ2) is 9.53. The summed E-state index contributed by atoms with van der Waals surface area (Å²) in [7, 11) is 0. The molecule has 2 aromatic carbocycles. The molecule has 1 fully saturated rings. The van der Waals surface area contributed by atoms with Crippen molar-refractivity contribution in [3.63, 3.8) is 0 Å². The molecule has 2 aliphatic heterocycles. The molecular formula is C31H35N3O2. The van der Waals surface area contributed by atoms with Crippen LogP contribution in [-0.2, 0) is 19.5 Å². The first-order chi connectivity index (χ1) is 17.6. The summed E-state index contributed by atoms with van der Waals surface area (Å²) in [6.45, 7) is 9.41. The Morgan fingerprint density at radius 3 is 2.53 bits per heavy atom. The highest BCUT2D eigenvalue weighted by molar-refractivity contribution is 5.99. The molecule has 0 unspecified atom stereocenters. The van der Waals surface area contributed by atoms with Gasteiger partial charge in [0.1, 0.15) is 5.75 Å². The van der Waals surface area contributed by atoms with Crippen LogP contribution in [-0.4, -0.2) is 46.5 Å². The molecule has 0 atom stereocenters. The highest BCUT2D eigenvalue weighted by atomic mass is 16.5. The Kier molecular flexibility index (Phi) is 6.08. The van der Waals surface area contributed by atoms with Crippen molar-refractivity contribution in [1.29, 1.82) is 0 Å². The number of carbonyl (C=O) groups is 1. The first-order valence-corrected chi connectivity index (χ1v) is 13.4. The fourth-order valence-electron chi connectivity index (χ4n) is 5.81. The number of benzene rings is 2. The molecule has 3 heterocycles. The van der Waals surface area contributed by atoms with E-state index in [2.05, 4.69) is 71.0 Å². The third-order valence-electron chi connectivity index (χ3n) is 8.05. The van der Waals surface area contributed by atoms with E-state index in [0.29, 0.717) is 12.5 Å². The van der Waals surface area contributed by atoms with E-state index in [4.69, 9.17) is 4.74 Å². The smallest absolute Gasteiger partial charge is 0.253 e. The molecule has 5 heteroatoms. The fourth-order valence-corrected chi connectivity index (χ4v) is 5.81. The molecule has 3 aromatic rings. The second-order valence-corrected chi connectivity index (χ2v) is 10.4. The van der Waals surface area contributed by atoms with Crippen LogP contribution in [0.4, 0.5) is 0 Å². The number of carbonyl (C=O) groups excluding carboxylic acids is 1. The maximum Gasteiger partial charge on any atom is 0.253 e. The monoisotopic (exact) mass is 481 g/mol. The molecule has 186 valence electrons. The van der Waals surface area contributed by atoms with Gasteiger partial charge in [0.2, 0.25) is 0 Å². The van der Waals surface area contributed by atoms with Crippen LogP contribution in [0.25, 0.3) is 10.9 Å². The van der Waals surface area contributed by atoms with Crippen molar-refractivity contribution in [3.05, 3.63) is 88.8 Å². The predicted octanol–water partition coefficient (Wildman–Crippen LogP) is 5.77. The molecule has 0 radical (unpaired) electrons. The Hall–Kier alpha value is -3.47. The number of allylic oxidation sites excluding steroid dienone is 3. The first-order valence-electron chi connectivity index (χ1n) is 13.4. The molecule has 36 heavy (non-hydrogen) atoms. The summed E-state index contributed by atoms with van der Waals surface area (Å²) in [4.78, 5) is 17.9. The number of fused-ring (bicyclic) bond motifs is 3. The maximum absolute atomic E-state index is 13.4. The lowest BCUT2D eigenvalue weighted by atomic mass is 9.98. The molecule has 0 N–H and O–H groups in total. The number of ether oxygens (including phenoxy) is 1. The summed E-state index contributed by atoms with van der Waals surface area (Å²) in [5.74, 6) is 1.79. The molecule has 0 spiro atoms. The highest BCUT2D eigenvalue weighted by Crippen LogP contribution is 2.35. The predicted molar refractivity (Wildman–Crippen MR) is 144 cm³/mol. The summed E-state index contributed by atoms with van der Waals surface area (Å²) in [6, 6.07) is 14.8. The number of hydrogen-bond donors (Lipinski definition) is 0. The van der Waals surface area contributed by atoms with E-state index in [1.807, 2.05) is 17.9 Å². The van der Waals surface area contributed by atoms with Crippen molar-refractivity contribution >= 4 is 16.8 Å². The number of rotatable bonds is 6. The van der Waals surface area contributed by atoms with Crippen LogP contribution in [0.3, 0.4) is 0 Å². The van der Waals surface area contributed by atoms with Gasteiger partial charge in [0.05, 0.1) is 6.61 Å². The quantitative estimate of drug-likeness (QED) is 0.448. The molecule has 0 saturated carbocycles. The first kappa shape index (κ1) is 23.0. The Labute approximate surface area is 213 Å². The Balaban J connectivity index is 1.36. The van der Waals surface area contributed by atoms with E-state index in [9.17, 15) is 4.79 Å². The number of nitrogens with zero attached hydrogens (tertiary/aromatic N) is 3. The molecule has 1 amide bonds. The average Bonchev–Trinajstić information content (AvgIpc) is 3.16. The number of piperidine rings is 1. The lowest BCUT2D eigenvalue weighted by molar-refractivity contribution is 0.0697. The molecule has 0 bridgehead atoms. The van der Waals surface area contributed by atoms with Gasteiger partial charge in [-0.05, 0) is 73.7 Å². The molecule has 1 saturated heterocycles. The maximum atomic E-state index is 13.4. The highest BCUT2D eigenvalue weighted by Gasteiger charge is 2.27. The van der Waals surface area contributed by atoms with Gasteiger partial charge in [-0.25, -0.2) is 0 Å². The second-order valence-electron chi connectivity index (χ2n) is 10.4. The normalized spacial score (nSPS) is 17.7. The van der Waals surface area contributed by atoms with Crippen LogP contribution in [0, 0.1) is 5.92 Å². The zero-order valence-corrected chi connectivity index (χ0v) is 21.4. The summed E-state index contributed by atoms with van der Waals surface area (Å²) in [6.07, 6.45) is 9.68. The molecule has 6 rings (SSSR count). The summed E-state index contributed by atoms with van der Waals surface area (Å²) in [5.41, 5.74) is 7.37. The molecular weight excluding hydrogens is 446 g/mol. The van der Waals surface area contributed by atoms with E-state index in [0.717, 1.165) is 63.3 Å². The van der Waals surface area contributed by atoms with Gasteiger partial charge in [-0.1, -0.05) is 25.1 Å². The van der Waals surface area contributed by atoms with Crippen LogP contribution in [0.5, 0.6) is 5.75 Å². The van der Waals surface area contributed by atoms with Crippen molar-refractivity contribution < 1.29 is 9.53 Å². The average molecular weight is 482 g/mol. The number of amides is 1. The van der Waals surface area contributed by atoms with Crippen molar-refractivity contribution in [2.75, 3.05) is 26.2 Å². The standard InChI is InChI=1S/C31H35N3O2/c1-3-36-26-10-7-23(8-11-26)20-34-29-12-9-24(31(35)32-16-13-22(2)14-17-32)19-27(29)28-21-33(18-15-30(28)34)25-5-4-6-25/h4-12,19,22H,3,13-18,20-21H2,1-2H3. The van der Waals surface area contributed by atoms with E-state index in [-0.39, 0.29) is 5.91 Å². The number of aromatic nitrogens is 1. The van der Waals surface area contributed by atoms with Crippen LogP contribution in [0.1, 0.15) is 53.9 Å². The van der Waals surface area contributed by atoms with Gasteiger partial charge in [0, 0.05) is 72.6 Å². The van der Waals surface area contributed by atoms with E-state index >= 15 is 0 Å². The largest absolute Gasteiger partial charge is 0.494 e. The zero-order valence-electron chi connectivity index (χ0n) is 21.4. The summed E-state index contributed by atoms with van der Waals surface area (Å²) < 4.78 is 8.11. The van der Waals surface area contributed by atoms with Crippen molar-refractivity contribution in [2.24, 2.45) is 5.92 Å². The van der Waals surface area contributed by atoms with Gasteiger partial charge < -0.3 is 19.1 Å². The summed E-state index contributed by atoms with van der Waals surface area (Å²) in [5, 5.41) is 1.22. The number of hydrogen-bond acceptors (Lipinski definition) is 3. The molecule has 5 nitrogen and oxygen atoms in total. The minimum atomic E-state index is 0.175. The minimum absolute atomic E-state index is 0.175. The van der Waals surface area contributed by atoms with Gasteiger partial charge in [-0.3, -0.25) is 4.79 Å². The third kappa shape index (κ3) is 4.21. The number of likely N-dealkylation sites (tertiary alicyclic amines) is 1. The Morgan fingerprint density at radius 1 is 1.06 bits per heavy atom. The summed E-state index contributed by atoms with van der Waals surface area (Å²) >= 11 is 0. The van der Waals surface area contributed by atoms with Gasteiger partial charge in [0.15, 0.2) is 0 Å². The van der Waals surface area contributed by atoms with E-state index in [1.54, 1.807) is 0 Å². The van der Waals surface area contributed by atoms with Gasteiger partial charge in [-0.2, -0.15) is 0 Å². The SMILES string of the molecule is CCOc1ccc(Cn2c3c(c4cc(C(=O)N5CCC(C)CC5)ccc42)CN(C2=CC=C2)CC3)cc1. The molecule has 1 aliphatic carbocycles. The van der Waals surface area contributed by atoms with Crippen LogP contribution in [0.15, 0.2) is 66.4 Å². The van der Waals surface area contributed by atoms with Crippen molar-refractivity contribution in [1.82, 2.24) is 14.4 Å². The molecule has 1 aromatic heterocycles. The van der Waals surface area contributed by atoms with Crippen molar-refractivity contribution in [3.8, 4) is 5.75 Å². The van der Waals surface area contributed by atoms with Gasteiger partial charge in [-0.15, -0.1) is 0 Å². The van der Waals surface area contributed by atoms with Crippen LogP contribution >= 0.6 is 0 Å². The third-order valence-corrected chi connectivity index (χ3v) is 8.05. The van der Waals surface area contributed by atoms with Gasteiger partial charge in [0.25, 0.3) is 5.91 Å². The Morgan fingerprint density at radius 2 is 1.83 bits per heavy atom. The van der Waals surface area contributed by atoms with Crippen LogP contribution in [0.2, 0.25) is 0 Å². The van der Waals surface area contributed by atoms with Crippen molar-refractivity contribution in [2.45, 2.75) is 46.2 Å². The minimum Gasteiger partial charge on any atom is -0.494 e. The van der Waals surface area contributed by atoms with E-state index in [1.165, 1.54) is 33.4 Å². The lowest BCUT2D eigenvalue weighted by Crippen LogP contribution is -2.37. The fraction of sp³-hybridized carbons (Fsp3) is 0.387. The zero-order chi connectivity index (χ0) is 24.6. The lowest BCUT2D eigenvalue weighted by Gasteiger charge is -2.32. The van der Waals surface area contributed by atoms with Crippen LogP contribution < -0.4 is 4.74 Å². The Bertz CT molecular complexity index is 1340. The topological polar surface area (TPSA) is 37.7 Å². The van der Waals surface area contributed by atoms with E-state index < -0.39 is 0 Å². The van der Waals surface area contributed by atoms with Gasteiger partial charge >= 0.3 is 0 Å².